The first-order valence-electron chi connectivity index (χ1n) is 10.4. The first-order chi connectivity index (χ1) is 15.8. The monoisotopic (exact) mass is 469 g/mol. The second-order valence-electron chi connectivity index (χ2n) is 8.25. The lowest BCUT2D eigenvalue weighted by Gasteiger charge is -2.42. The van der Waals surface area contributed by atoms with Crippen LogP contribution in [-0.4, -0.2) is 46.8 Å². The highest BCUT2D eigenvalue weighted by molar-refractivity contribution is 7.92. The lowest BCUT2D eigenvalue weighted by molar-refractivity contribution is 0.0588. The largest absolute Gasteiger partial charge is 0.336 e. The summed E-state index contributed by atoms with van der Waals surface area (Å²) in [5.41, 5.74) is 0.463. The third-order valence-corrected chi connectivity index (χ3v) is 7.39. The Morgan fingerprint density at radius 3 is 2.73 bits per heavy atom. The molecule has 0 aliphatic carbocycles. The van der Waals surface area contributed by atoms with Crippen molar-refractivity contribution in [2.75, 3.05) is 17.8 Å². The van der Waals surface area contributed by atoms with Crippen molar-refractivity contribution in [1.82, 2.24) is 19.4 Å². The molecule has 2 aliphatic rings. The van der Waals surface area contributed by atoms with Gasteiger partial charge >= 0.3 is 0 Å². The van der Waals surface area contributed by atoms with Crippen molar-refractivity contribution >= 4 is 21.6 Å². The first kappa shape index (κ1) is 21.3. The highest BCUT2D eigenvalue weighted by atomic mass is 32.2. The van der Waals surface area contributed by atoms with E-state index < -0.39 is 21.4 Å². The van der Waals surface area contributed by atoms with Crippen molar-refractivity contribution in [3.8, 4) is 0 Å². The molecule has 0 spiro atoms. The summed E-state index contributed by atoms with van der Waals surface area (Å²) < 4.78 is 42.6. The number of hydrogen-bond donors (Lipinski definition) is 1. The van der Waals surface area contributed by atoms with Gasteiger partial charge in [0.15, 0.2) is 0 Å². The number of benzene rings is 1. The highest BCUT2D eigenvalue weighted by Gasteiger charge is 2.37. The van der Waals surface area contributed by atoms with Crippen LogP contribution >= 0.6 is 0 Å². The minimum absolute atomic E-state index is 0.0460. The maximum atomic E-state index is 13.5. The van der Waals surface area contributed by atoms with Gasteiger partial charge in [-0.15, -0.1) is 0 Å². The standard InChI is InChI=1S/C22H20FN5O4S/c23-16-2-1-3-17(9-16)33(31,32)26-18-4-5-20-15-8-14(12-28(20)22(18)30)11-27(13-15)21(29)19-10-24-6-7-25-19/h1-7,9-10,14-15,26H,8,11-13H2/t14-,15-/m1/s1. The van der Waals surface area contributed by atoms with Crippen LogP contribution in [0.4, 0.5) is 10.1 Å². The molecule has 33 heavy (non-hydrogen) atoms. The number of amides is 1. The van der Waals surface area contributed by atoms with Gasteiger partial charge < -0.3 is 9.47 Å². The molecule has 1 fully saturated rings. The van der Waals surface area contributed by atoms with Crippen LogP contribution in [0.25, 0.3) is 0 Å². The normalized spacial score (nSPS) is 19.6. The van der Waals surface area contributed by atoms with Gasteiger partial charge in [0.25, 0.3) is 21.5 Å². The molecule has 11 heteroatoms. The molecule has 2 bridgehead atoms. The maximum Gasteiger partial charge on any atom is 0.275 e. The highest BCUT2D eigenvalue weighted by Crippen LogP contribution is 2.36. The zero-order valence-corrected chi connectivity index (χ0v) is 18.2. The van der Waals surface area contributed by atoms with E-state index in [2.05, 4.69) is 14.7 Å². The van der Waals surface area contributed by atoms with Gasteiger partial charge in [-0.05, 0) is 42.7 Å². The molecular weight excluding hydrogens is 449 g/mol. The van der Waals surface area contributed by atoms with Crippen molar-refractivity contribution in [3.63, 3.8) is 0 Å². The molecule has 2 atom stereocenters. The minimum atomic E-state index is -4.12. The van der Waals surface area contributed by atoms with Gasteiger partial charge in [0, 0.05) is 43.6 Å². The SMILES string of the molecule is O=C(c1cnccn1)N1C[C@H]2C[C@H](C1)c1ccc(NS(=O)(=O)c3cccc(F)c3)c(=O)n1C2. The van der Waals surface area contributed by atoms with Crippen LogP contribution in [0.1, 0.15) is 28.5 Å². The average molecular weight is 469 g/mol. The van der Waals surface area contributed by atoms with E-state index in [9.17, 15) is 22.4 Å². The summed E-state index contributed by atoms with van der Waals surface area (Å²) >= 11 is 0. The van der Waals surface area contributed by atoms with E-state index >= 15 is 0 Å². The predicted molar refractivity (Wildman–Crippen MR) is 117 cm³/mol. The number of carbonyl (C=O) groups is 1. The number of pyridine rings is 1. The lowest BCUT2D eigenvalue weighted by atomic mass is 9.83. The van der Waals surface area contributed by atoms with Crippen molar-refractivity contribution in [1.29, 1.82) is 0 Å². The number of rotatable bonds is 4. The third kappa shape index (κ3) is 3.99. The van der Waals surface area contributed by atoms with Crippen LogP contribution in [-0.2, 0) is 16.6 Å². The quantitative estimate of drug-likeness (QED) is 0.624. The van der Waals surface area contributed by atoms with Gasteiger partial charge in [0.05, 0.1) is 11.1 Å². The molecule has 2 aliphatic heterocycles. The molecule has 0 radical (unpaired) electrons. The average Bonchev–Trinajstić information content (AvgIpc) is 2.81. The molecule has 170 valence electrons. The van der Waals surface area contributed by atoms with Gasteiger partial charge in [0.2, 0.25) is 0 Å². The van der Waals surface area contributed by atoms with Crippen LogP contribution in [0.2, 0.25) is 0 Å². The van der Waals surface area contributed by atoms with E-state index in [0.29, 0.717) is 19.6 Å². The second kappa shape index (κ2) is 8.07. The lowest BCUT2D eigenvalue weighted by Crippen LogP contribution is -2.49. The fourth-order valence-corrected chi connectivity index (χ4v) is 5.69. The Kier molecular flexibility index (Phi) is 5.20. The maximum absolute atomic E-state index is 13.5. The number of carbonyl (C=O) groups excluding carboxylic acids is 1. The Morgan fingerprint density at radius 2 is 1.97 bits per heavy atom. The van der Waals surface area contributed by atoms with Crippen molar-refractivity contribution in [2.24, 2.45) is 5.92 Å². The molecule has 3 aromatic rings. The zero-order valence-electron chi connectivity index (χ0n) is 17.4. The molecule has 1 aromatic carbocycles. The summed E-state index contributed by atoms with van der Waals surface area (Å²) in [6.07, 6.45) is 5.24. The summed E-state index contributed by atoms with van der Waals surface area (Å²) in [7, 11) is -4.12. The van der Waals surface area contributed by atoms with Crippen molar-refractivity contribution < 1.29 is 17.6 Å². The summed E-state index contributed by atoms with van der Waals surface area (Å²) in [5.74, 6) is -0.897. The van der Waals surface area contributed by atoms with E-state index in [1.807, 2.05) is 0 Å². The molecule has 0 saturated carbocycles. The molecular formula is C22H20FN5O4S. The van der Waals surface area contributed by atoms with Crippen molar-refractivity contribution in [3.05, 3.63) is 82.5 Å². The van der Waals surface area contributed by atoms with E-state index in [4.69, 9.17) is 0 Å². The number of halogens is 1. The molecule has 2 aromatic heterocycles. The van der Waals surface area contributed by atoms with E-state index in [1.54, 1.807) is 15.5 Å². The van der Waals surface area contributed by atoms with Gasteiger partial charge in [-0.3, -0.25) is 19.3 Å². The van der Waals surface area contributed by atoms with Crippen LogP contribution < -0.4 is 10.3 Å². The fourth-order valence-electron chi connectivity index (χ4n) is 4.60. The van der Waals surface area contributed by atoms with Gasteiger partial charge in [-0.25, -0.2) is 17.8 Å². The minimum Gasteiger partial charge on any atom is -0.336 e. The number of nitrogens with one attached hydrogen (secondary N) is 1. The number of likely N-dealkylation sites (tertiary alicyclic amines) is 1. The topological polar surface area (TPSA) is 114 Å². The number of hydrogen-bond acceptors (Lipinski definition) is 6. The summed E-state index contributed by atoms with van der Waals surface area (Å²) in [6, 6.07) is 7.72. The molecule has 1 saturated heterocycles. The smallest absolute Gasteiger partial charge is 0.275 e. The Hall–Kier alpha value is -3.60. The van der Waals surface area contributed by atoms with Gasteiger partial charge in [-0.2, -0.15) is 0 Å². The zero-order chi connectivity index (χ0) is 23.2. The Labute approximate surface area is 189 Å². The first-order valence-corrected chi connectivity index (χ1v) is 11.9. The number of anilines is 1. The molecule has 0 unspecified atom stereocenters. The van der Waals surface area contributed by atoms with Crippen LogP contribution in [0.5, 0.6) is 0 Å². The summed E-state index contributed by atoms with van der Waals surface area (Å²) in [6.45, 7) is 1.27. The van der Waals surface area contributed by atoms with Gasteiger partial charge in [0.1, 0.15) is 17.2 Å². The Morgan fingerprint density at radius 1 is 1.12 bits per heavy atom. The summed E-state index contributed by atoms with van der Waals surface area (Å²) in [5, 5.41) is 0. The number of nitrogens with zero attached hydrogens (tertiary/aromatic N) is 4. The van der Waals surface area contributed by atoms with E-state index in [0.717, 1.165) is 24.2 Å². The number of fused-ring (bicyclic) bond motifs is 4. The van der Waals surface area contributed by atoms with Gasteiger partial charge in [-0.1, -0.05) is 6.07 Å². The molecule has 5 rings (SSSR count). The van der Waals surface area contributed by atoms with E-state index in [-0.39, 0.29) is 34.0 Å². The summed E-state index contributed by atoms with van der Waals surface area (Å²) in [4.78, 5) is 35.5. The fraction of sp³-hybridized carbons (Fsp3) is 0.273. The number of aromatic nitrogens is 3. The molecule has 9 nitrogen and oxygen atoms in total. The van der Waals surface area contributed by atoms with Crippen LogP contribution in [0.3, 0.4) is 0 Å². The number of piperidine rings is 1. The molecule has 1 amide bonds. The van der Waals surface area contributed by atoms with Crippen molar-refractivity contribution in [2.45, 2.75) is 23.8 Å². The molecule has 1 N–H and O–H groups in total. The molecule has 4 heterocycles. The Balaban J connectivity index is 1.41. The van der Waals surface area contributed by atoms with E-state index in [1.165, 1.54) is 36.8 Å². The Bertz CT molecular complexity index is 1390. The predicted octanol–water partition coefficient (Wildman–Crippen LogP) is 1.84. The van der Waals surface area contributed by atoms with Crippen LogP contribution in [0.15, 0.2) is 64.7 Å². The second-order valence-corrected chi connectivity index (χ2v) is 9.93. The van der Waals surface area contributed by atoms with Crippen LogP contribution in [0, 0.1) is 11.7 Å². The number of sulfonamides is 1. The third-order valence-electron chi connectivity index (χ3n) is 6.02.